The number of rotatable bonds is 7. The highest BCUT2D eigenvalue weighted by Gasteiger charge is 2.19. The second-order valence-corrected chi connectivity index (χ2v) is 5.70. The fourth-order valence-electron chi connectivity index (χ4n) is 2.52. The van der Waals surface area contributed by atoms with Crippen LogP contribution in [-0.2, 0) is 19.5 Å². The van der Waals surface area contributed by atoms with E-state index in [9.17, 15) is 0 Å². The molecule has 1 aromatic heterocycles. The third-order valence-electron chi connectivity index (χ3n) is 3.79. The van der Waals surface area contributed by atoms with E-state index in [1.54, 1.807) is 0 Å². The quantitative estimate of drug-likeness (QED) is 0.837. The molecule has 1 aliphatic rings. The number of aromatic nitrogens is 2. The summed E-state index contributed by atoms with van der Waals surface area (Å²) in [6, 6.07) is 9.65. The first kappa shape index (κ1) is 13.4. The zero-order chi connectivity index (χ0) is 13.8. The Labute approximate surface area is 121 Å². The molecule has 0 radical (unpaired) electrons. The van der Waals surface area contributed by atoms with Crippen molar-refractivity contribution < 1.29 is 0 Å². The molecule has 1 fully saturated rings. The predicted octanol–water partition coefficient (Wildman–Crippen LogP) is 3.14. The molecule has 1 saturated carbocycles. The number of imidazole rings is 1. The molecular formula is C17H23N3. The van der Waals surface area contributed by atoms with Crippen molar-refractivity contribution in [3.05, 3.63) is 53.6 Å². The van der Waals surface area contributed by atoms with Gasteiger partial charge in [0.15, 0.2) is 0 Å². The highest BCUT2D eigenvalue weighted by Crippen LogP contribution is 2.19. The summed E-state index contributed by atoms with van der Waals surface area (Å²) in [4.78, 5) is 4.44. The molecule has 3 nitrogen and oxygen atoms in total. The van der Waals surface area contributed by atoms with Gasteiger partial charge in [-0.05, 0) is 30.4 Å². The molecule has 3 rings (SSSR count). The summed E-state index contributed by atoms with van der Waals surface area (Å²) < 4.78 is 2.26. The van der Waals surface area contributed by atoms with Crippen LogP contribution in [0.4, 0.5) is 0 Å². The van der Waals surface area contributed by atoms with Crippen LogP contribution in [0.5, 0.6) is 0 Å². The maximum Gasteiger partial charge on any atom is 0.108 e. The van der Waals surface area contributed by atoms with E-state index in [0.29, 0.717) is 0 Å². The van der Waals surface area contributed by atoms with E-state index < -0.39 is 0 Å². The van der Waals surface area contributed by atoms with Gasteiger partial charge in [-0.15, -0.1) is 0 Å². The Kier molecular flexibility index (Phi) is 4.16. The molecule has 0 amide bonds. The Morgan fingerprint density at radius 3 is 2.95 bits per heavy atom. The Balaban J connectivity index is 1.66. The lowest BCUT2D eigenvalue weighted by Crippen LogP contribution is -2.15. The zero-order valence-corrected chi connectivity index (χ0v) is 12.2. The van der Waals surface area contributed by atoms with Crippen LogP contribution >= 0.6 is 0 Å². The van der Waals surface area contributed by atoms with E-state index >= 15 is 0 Å². The van der Waals surface area contributed by atoms with Gasteiger partial charge in [0.1, 0.15) is 5.82 Å². The number of hydrogen-bond acceptors (Lipinski definition) is 2. The smallest absolute Gasteiger partial charge is 0.108 e. The van der Waals surface area contributed by atoms with E-state index in [-0.39, 0.29) is 0 Å². The molecule has 3 heteroatoms. The van der Waals surface area contributed by atoms with Crippen molar-refractivity contribution in [2.45, 2.75) is 51.7 Å². The van der Waals surface area contributed by atoms with Crippen LogP contribution in [-0.4, -0.2) is 15.6 Å². The summed E-state index contributed by atoms with van der Waals surface area (Å²) in [5.41, 5.74) is 2.74. The summed E-state index contributed by atoms with van der Waals surface area (Å²) in [7, 11) is 0. The van der Waals surface area contributed by atoms with Gasteiger partial charge in [-0.1, -0.05) is 31.2 Å². The third kappa shape index (κ3) is 3.48. The van der Waals surface area contributed by atoms with Crippen molar-refractivity contribution in [1.29, 1.82) is 0 Å². The summed E-state index contributed by atoms with van der Waals surface area (Å²) in [6.07, 6.45) is 8.87. The fraction of sp³-hybridized carbons (Fsp3) is 0.471. The first-order valence-electron chi connectivity index (χ1n) is 7.66. The van der Waals surface area contributed by atoms with Crippen LogP contribution in [0, 0.1) is 0 Å². The molecular weight excluding hydrogens is 246 g/mol. The summed E-state index contributed by atoms with van der Waals surface area (Å²) >= 11 is 0. The van der Waals surface area contributed by atoms with Gasteiger partial charge in [-0.3, -0.25) is 0 Å². The van der Waals surface area contributed by atoms with Gasteiger partial charge >= 0.3 is 0 Å². The molecule has 2 aromatic rings. The Morgan fingerprint density at radius 2 is 2.15 bits per heavy atom. The predicted molar refractivity (Wildman–Crippen MR) is 81.6 cm³/mol. The van der Waals surface area contributed by atoms with E-state index in [4.69, 9.17) is 0 Å². The molecule has 1 heterocycles. The van der Waals surface area contributed by atoms with Gasteiger partial charge in [-0.2, -0.15) is 0 Å². The van der Waals surface area contributed by atoms with Crippen molar-refractivity contribution in [2.24, 2.45) is 0 Å². The lowest BCUT2D eigenvalue weighted by molar-refractivity contribution is 0.682. The molecule has 20 heavy (non-hydrogen) atoms. The van der Waals surface area contributed by atoms with Crippen LogP contribution < -0.4 is 5.32 Å². The second kappa shape index (κ2) is 6.23. The molecule has 0 saturated heterocycles. The average Bonchev–Trinajstić information content (AvgIpc) is 3.20. The zero-order valence-electron chi connectivity index (χ0n) is 12.2. The Hall–Kier alpha value is -1.61. The first-order valence-corrected chi connectivity index (χ1v) is 7.66. The SMILES string of the molecule is CCCc1nccn1Cc1cccc(CNC2CC2)c1. The first-order chi connectivity index (χ1) is 9.85. The van der Waals surface area contributed by atoms with E-state index in [1.807, 2.05) is 6.20 Å². The highest BCUT2D eigenvalue weighted by atomic mass is 15.1. The maximum absolute atomic E-state index is 4.44. The highest BCUT2D eigenvalue weighted by molar-refractivity contribution is 5.24. The molecule has 106 valence electrons. The number of nitrogens with zero attached hydrogens (tertiary/aromatic N) is 2. The number of nitrogens with one attached hydrogen (secondary N) is 1. The fourth-order valence-corrected chi connectivity index (χ4v) is 2.52. The van der Waals surface area contributed by atoms with Crippen LogP contribution in [0.2, 0.25) is 0 Å². The monoisotopic (exact) mass is 269 g/mol. The largest absolute Gasteiger partial charge is 0.331 e. The maximum atomic E-state index is 4.44. The summed E-state index contributed by atoms with van der Waals surface area (Å²) in [5, 5.41) is 3.57. The van der Waals surface area contributed by atoms with E-state index in [2.05, 4.69) is 52.3 Å². The number of benzene rings is 1. The molecule has 0 aliphatic heterocycles. The minimum Gasteiger partial charge on any atom is -0.331 e. The number of aryl methyl sites for hydroxylation is 1. The normalized spacial score (nSPS) is 14.7. The molecule has 0 bridgehead atoms. The van der Waals surface area contributed by atoms with Crippen LogP contribution in [0.3, 0.4) is 0 Å². The van der Waals surface area contributed by atoms with E-state index in [0.717, 1.165) is 32.0 Å². The van der Waals surface area contributed by atoms with Gasteiger partial charge in [-0.25, -0.2) is 4.98 Å². The topological polar surface area (TPSA) is 29.9 Å². The van der Waals surface area contributed by atoms with Crippen LogP contribution in [0.1, 0.15) is 43.1 Å². The minimum atomic E-state index is 0.767. The van der Waals surface area contributed by atoms with Crippen molar-refractivity contribution >= 4 is 0 Å². The van der Waals surface area contributed by atoms with Crippen molar-refractivity contribution in [2.75, 3.05) is 0 Å². The molecule has 0 spiro atoms. The Bertz CT molecular complexity index is 555. The molecule has 0 atom stereocenters. The van der Waals surface area contributed by atoms with Gasteiger partial charge in [0.25, 0.3) is 0 Å². The standard InChI is InChI=1S/C17H23N3/c1-2-4-17-18-9-10-20(17)13-15-6-3-5-14(11-15)12-19-16-7-8-16/h3,5-6,9-11,16,19H,2,4,7-8,12-13H2,1H3. The Morgan fingerprint density at radius 1 is 1.30 bits per heavy atom. The lowest BCUT2D eigenvalue weighted by Gasteiger charge is -2.09. The molecule has 0 unspecified atom stereocenters. The van der Waals surface area contributed by atoms with Gasteiger partial charge in [0, 0.05) is 37.9 Å². The van der Waals surface area contributed by atoms with Gasteiger partial charge < -0.3 is 9.88 Å². The van der Waals surface area contributed by atoms with E-state index in [1.165, 1.54) is 29.8 Å². The van der Waals surface area contributed by atoms with Crippen molar-refractivity contribution in [3.63, 3.8) is 0 Å². The number of hydrogen-bond donors (Lipinski definition) is 1. The third-order valence-corrected chi connectivity index (χ3v) is 3.79. The average molecular weight is 269 g/mol. The molecule has 1 aliphatic carbocycles. The molecule has 1 aromatic carbocycles. The lowest BCUT2D eigenvalue weighted by atomic mass is 10.1. The van der Waals surface area contributed by atoms with Crippen molar-refractivity contribution in [1.82, 2.24) is 14.9 Å². The van der Waals surface area contributed by atoms with Gasteiger partial charge in [0.05, 0.1) is 0 Å². The van der Waals surface area contributed by atoms with Crippen LogP contribution in [0.15, 0.2) is 36.7 Å². The molecule has 1 N–H and O–H groups in total. The van der Waals surface area contributed by atoms with Crippen molar-refractivity contribution in [3.8, 4) is 0 Å². The second-order valence-electron chi connectivity index (χ2n) is 5.70. The van der Waals surface area contributed by atoms with Gasteiger partial charge in [0.2, 0.25) is 0 Å². The summed E-state index contributed by atoms with van der Waals surface area (Å²) in [5.74, 6) is 1.19. The van der Waals surface area contributed by atoms with Crippen LogP contribution in [0.25, 0.3) is 0 Å². The minimum absolute atomic E-state index is 0.767. The summed E-state index contributed by atoms with van der Waals surface area (Å²) in [6.45, 7) is 4.11.